The van der Waals surface area contributed by atoms with Gasteiger partial charge in [-0.05, 0) is 50.3 Å². The second-order valence-electron chi connectivity index (χ2n) is 8.42. The summed E-state index contributed by atoms with van der Waals surface area (Å²) in [5.74, 6) is 0.505. The fourth-order valence-electron chi connectivity index (χ4n) is 5.14. The van der Waals surface area contributed by atoms with Gasteiger partial charge in [0.1, 0.15) is 17.1 Å². The zero-order valence-electron chi connectivity index (χ0n) is 16.4. The number of amides is 2. The number of nitrogens with zero attached hydrogens (tertiary/aromatic N) is 1. The van der Waals surface area contributed by atoms with Crippen molar-refractivity contribution in [1.82, 2.24) is 4.90 Å². The van der Waals surface area contributed by atoms with E-state index in [9.17, 15) is 14.4 Å². The summed E-state index contributed by atoms with van der Waals surface area (Å²) >= 11 is 0. The van der Waals surface area contributed by atoms with Gasteiger partial charge < -0.3 is 9.15 Å². The predicted molar refractivity (Wildman–Crippen MR) is 105 cm³/mol. The van der Waals surface area contributed by atoms with Crippen LogP contribution < -0.4 is 4.74 Å². The molecule has 2 atom stereocenters. The standard InChI is InChI=1S/C23H25NO5/c25-21(11-12-24-22(26)16-6-1-2-7-17(16)23(24)27)28-14-9-10-20-18(13-14)15-5-3-4-8-19(15)29-20/h9-10,13,16-17H,1-8,11-12H2/t16-,17-/m0/s1. The van der Waals surface area contributed by atoms with Gasteiger partial charge in [0.2, 0.25) is 11.8 Å². The molecule has 1 aromatic carbocycles. The first-order valence-corrected chi connectivity index (χ1v) is 10.7. The lowest BCUT2D eigenvalue weighted by molar-refractivity contribution is -0.141. The molecule has 0 N–H and O–H groups in total. The number of likely N-dealkylation sites (tertiary alicyclic amines) is 1. The predicted octanol–water partition coefficient (Wildman–Crippen LogP) is 3.78. The number of furan rings is 1. The van der Waals surface area contributed by atoms with Crippen molar-refractivity contribution in [2.75, 3.05) is 6.54 Å². The Bertz CT molecular complexity index is 967. The molecule has 152 valence electrons. The lowest BCUT2D eigenvalue weighted by atomic mass is 9.81. The van der Waals surface area contributed by atoms with Gasteiger partial charge in [-0.3, -0.25) is 19.3 Å². The van der Waals surface area contributed by atoms with Crippen molar-refractivity contribution in [3.63, 3.8) is 0 Å². The molecule has 6 nitrogen and oxygen atoms in total. The Morgan fingerprint density at radius 2 is 1.76 bits per heavy atom. The van der Waals surface area contributed by atoms with Crippen molar-refractivity contribution < 1.29 is 23.5 Å². The van der Waals surface area contributed by atoms with Gasteiger partial charge in [0.15, 0.2) is 0 Å². The molecule has 5 rings (SSSR count). The minimum absolute atomic E-state index is 0.0124. The molecule has 2 fully saturated rings. The Kier molecular flexibility index (Phi) is 4.64. The van der Waals surface area contributed by atoms with Crippen molar-refractivity contribution in [3.8, 4) is 5.75 Å². The van der Waals surface area contributed by atoms with Gasteiger partial charge in [-0.15, -0.1) is 0 Å². The van der Waals surface area contributed by atoms with Gasteiger partial charge in [-0.2, -0.15) is 0 Å². The molecule has 1 saturated carbocycles. The minimum atomic E-state index is -0.433. The zero-order chi connectivity index (χ0) is 20.0. The van der Waals surface area contributed by atoms with E-state index in [1.54, 1.807) is 6.07 Å². The van der Waals surface area contributed by atoms with Crippen LogP contribution in [0.1, 0.15) is 56.3 Å². The minimum Gasteiger partial charge on any atom is -0.461 e. The number of fused-ring (bicyclic) bond motifs is 4. The summed E-state index contributed by atoms with van der Waals surface area (Å²) in [7, 11) is 0. The van der Waals surface area contributed by atoms with E-state index in [4.69, 9.17) is 9.15 Å². The first kappa shape index (κ1) is 18.4. The number of rotatable bonds is 4. The molecular formula is C23H25NO5. The lowest BCUT2D eigenvalue weighted by Crippen LogP contribution is -2.33. The van der Waals surface area contributed by atoms with E-state index < -0.39 is 5.97 Å². The van der Waals surface area contributed by atoms with Crippen LogP contribution in [-0.2, 0) is 27.2 Å². The Hall–Kier alpha value is -2.63. The van der Waals surface area contributed by atoms with Crippen LogP contribution in [0.15, 0.2) is 22.6 Å². The molecule has 0 bridgehead atoms. The van der Waals surface area contributed by atoms with Crippen LogP contribution >= 0.6 is 0 Å². The summed E-state index contributed by atoms with van der Waals surface area (Å²) in [5, 5.41) is 1.01. The summed E-state index contributed by atoms with van der Waals surface area (Å²) in [6, 6.07) is 5.44. The summed E-state index contributed by atoms with van der Waals surface area (Å²) in [6.45, 7) is 0.104. The topological polar surface area (TPSA) is 76.8 Å². The van der Waals surface area contributed by atoms with Gasteiger partial charge in [0, 0.05) is 23.9 Å². The number of hydrogen-bond acceptors (Lipinski definition) is 5. The SMILES string of the molecule is O=C(CCN1C(=O)[C@H]2CCCC[C@@H]2C1=O)Oc1ccc2oc3c(c2c1)CCCC3. The third-order valence-electron chi connectivity index (χ3n) is 6.63. The fraction of sp³-hybridized carbons (Fsp3) is 0.522. The summed E-state index contributed by atoms with van der Waals surface area (Å²) < 4.78 is 11.4. The maximum atomic E-state index is 12.5. The quantitative estimate of drug-likeness (QED) is 0.447. The molecule has 3 aliphatic rings. The highest BCUT2D eigenvalue weighted by Crippen LogP contribution is 2.38. The van der Waals surface area contributed by atoms with Gasteiger partial charge in [0.25, 0.3) is 0 Å². The van der Waals surface area contributed by atoms with E-state index in [1.807, 2.05) is 12.1 Å². The van der Waals surface area contributed by atoms with Crippen LogP contribution in [0, 0.1) is 11.8 Å². The van der Waals surface area contributed by atoms with Gasteiger partial charge in [-0.25, -0.2) is 0 Å². The summed E-state index contributed by atoms with van der Waals surface area (Å²) in [5.41, 5.74) is 2.05. The van der Waals surface area contributed by atoms with Crippen molar-refractivity contribution in [1.29, 1.82) is 0 Å². The number of hydrogen-bond donors (Lipinski definition) is 0. The second-order valence-corrected chi connectivity index (χ2v) is 8.42. The number of carbonyl (C=O) groups excluding carboxylic acids is 3. The molecule has 0 unspecified atom stereocenters. The molecule has 1 saturated heterocycles. The normalized spacial score (nSPS) is 23.9. The molecule has 2 aromatic rings. The fourth-order valence-corrected chi connectivity index (χ4v) is 5.14. The molecule has 1 aromatic heterocycles. The van der Waals surface area contributed by atoms with E-state index in [2.05, 4.69) is 0 Å². The highest BCUT2D eigenvalue weighted by atomic mass is 16.5. The van der Waals surface area contributed by atoms with E-state index in [-0.39, 0.29) is 36.6 Å². The maximum absolute atomic E-state index is 12.5. The maximum Gasteiger partial charge on any atom is 0.312 e. The smallest absolute Gasteiger partial charge is 0.312 e. The molecular weight excluding hydrogens is 370 g/mol. The number of aryl methyl sites for hydroxylation is 2. The van der Waals surface area contributed by atoms with E-state index in [0.717, 1.165) is 68.1 Å². The largest absolute Gasteiger partial charge is 0.461 e. The third-order valence-corrected chi connectivity index (χ3v) is 6.63. The number of esters is 1. The van der Waals surface area contributed by atoms with Crippen molar-refractivity contribution in [2.45, 2.75) is 57.8 Å². The monoisotopic (exact) mass is 395 g/mol. The van der Waals surface area contributed by atoms with Crippen LogP contribution in [0.25, 0.3) is 11.0 Å². The Labute approximate surface area is 169 Å². The number of ether oxygens (including phenoxy) is 1. The number of carbonyl (C=O) groups is 3. The van der Waals surface area contributed by atoms with Crippen molar-refractivity contribution in [2.24, 2.45) is 11.8 Å². The van der Waals surface area contributed by atoms with Crippen LogP contribution in [0.2, 0.25) is 0 Å². The van der Waals surface area contributed by atoms with E-state index >= 15 is 0 Å². The third kappa shape index (κ3) is 3.24. The van der Waals surface area contributed by atoms with Gasteiger partial charge in [-0.1, -0.05) is 12.8 Å². The summed E-state index contributed by atoms with van der Waals surface area (Å²) in [6.07, 6.45) is 7.80. The Balaban J connectivity index is 1.24. The lowest BCUT2D eigenvalue weighted by Gasteiger charge is -2.19. The Morgan fingerprint density at radius 1 is 1.03 bits per heavy atom. The average Bonchev–Trinajstić information content (AvgIpc) is 3.22. The van der Waals surface area contributed by atoms with Crippen molar-refractivity contribution in [3.05, 3.63) is 29.5 Å². The first-order chi connectivity index (χ1) is 14.1. The molecule has 29 heavy (non-hydrogen) atoms. The highest BCUT2D eigenvalue weighted by molar-refractivity contribution is 6.05. The van der Waals surface area contributed by atoms with Crippen LogP contribution in [-0.4, -0.2) is 29.2 Å². The molecule has 0 spiro atoms. The van der Waals surface area contributed by atoms with Crippen LogP contribution in [0.3, 0.4) is 0 Å². The molecule has 2 heterocycles. The molecule has 2 amide bonds. The number of benzene rings is 1. The molecule has 1 aliphatic heterocycles. The molecule has 2 aliphatic carbocycles. The van der Waals surface area contributed by atoms with E-state index in [1.165, 1.54) is 10.5 Å². The average molecular weight is 395 g/mol. The Morgan fingerprint density at radius 3 is 2.52 bits per heavy atom. The highest BCUT2D eigenvalue weighted by Gasteiger charge is 2.47. The van der Waals surface area contributed by atoms with Gasteiger partial charge >= 0.3 is 5.97 Å². The summed E-state index contributed by atoms with van der Waals surface area (Å²) in [4.78, 5) is 38.7. The van der Waals surface area contributed by atoms with Crippen LogP contribution in [0.5, 0.6) is 5.75 Å². The number of imide groups is 1. The van der Waals surface area contributed by atoms with Crippen molar-refractivity contribution >= 4 is 28.8 Å². The first-order valence-electron chi connectivity index (χ1n) is 10.7. The molecule has 6 heteroatoms. The van der Waals surface area contributed by atoms with Gasteiger partial charge in [0.05, 0.1) is 18.3 Å². The van der Waals surface area contributed by atoms with Crippen LogP contribution in [0.4, 0.5) is 0 Å². The molecule has 0 radical (unpaired) electrons. The van der Waals surface area contributed by atoms with E-state index in [0.29, 0.717) is 5.75 Å². The zero-order valence-corrected chi connectivity index (χ0v) is 16.4. The second kappa shape index (κ2) is 7.32.